The number of Topliss-reactive ketones (excluding diaryl/α,β-unsaturated/α-hetero) is 1. The van der Waals surface area contributed by atoms with E-state index in [4.69, 9.17) is 14.2 Å². The molecule has 0 aliphatic carbocycles. The van der Waals surface area contributed by atoms with Crippen LogP contribution in [0.4, 0.5) is 15.3 Å². The number of aryl methyl sites for hydroxylation is 1. The maximum absolute atomic E-state index is 14.1. The summed E-state index contributed by atoms with van der Waals surface area (Å²) in [5.41, 5.74) is 2.42. The molecule has 1 heterocycles. The van der Waals surface area contributed by atoms with Gasteiger partial charge in [-0.3, -0.25) is 14.5 Å². The van der Waals surface area contributed by atoms with Gasteiger partial charge in [-0.25, -0.2) is 9.59 Å². The molecule has 0 unspecified atom stereocenters. The van der Waals surface area contributed by atoms with Gasteiger partial charge in [0, 0.05) is 11.6 Å². The second kappa shape index (κ2) is 16.6. The molecule has 0 radical (unpaired) electrons. The molecule has 0 bridgehead atoms. The van der Waals surface area contributed by atoms with Crippen LogP contribution in [0.5, 0.6) is 0 Å². The summed E-state index contributed by atoms with van der Waals surface area (Å²) in [5.74, 6) is -1.09. The molecule has 3 aromatic carbocycles. The number of methoxy groups -OCH3 is 1. The van der Waals surface area contributed by atoms with E-state index in [-0.39, 0.29) is 30.4 Å². The molecule has 3 aromatic rings. The largest absolute Gasteiger partial charge is 0.453 e. The molecule has 11 heteroatoms. The van der Waals surface area contributed by atoms with Gasteiger partial charge in [-0.05, 0) is 56.4 Å². The van der Waals surface area contributed by atoms with E-state index in [9.17, 15) is 19.2 Å². The van der Waals surface area contributed by atoms with Crippen molar-refractivity contribution in [1.82, 2.24) is 10.2 Å². The number of nitrogens with one attached hydrogen (secondary N) is 2. The van der Waals surface area contributed by atoms with Crippen LogP contribution in [0.1, 0.15) is 49.8 Å². The molecular formula is C36H42BrN3O7. The third kappa shape index (κ3) is 9.89. The summed E-state index contributed by atoms with van der Waals surface area (Å²) in [7, 11) is 1.26. The van der Waals surface area contributed by atoms with Gasteiger partial charge in [0.1, 0.15) is 17.7 Å². The van der Waals surface area contributed by atoms with Gasteiger partial charge in [-0.15, -0.1) is 0 Å². The molecule has 1 fully saturated rings. The number of ether oxygens (including phenoxy) is 3. The third-order valence-electron chi connectivity index (χ3n) is 7.80. The normalized spacial score (nSPS) is 17.0. The number of amides is 3. The van der Waals surface area contributed by atoms with Gasteiger partial charge >= 0.3 is 12.2 Å². The molecule has 0 spiro atoms. The number of ketones is 1. The highest BCUT2D eigenvalue weighted by atomic mass is 79.9. The second-order valence-corrected chi connectivity index (χ2v) is 12.9. The summed E-state index contributed by atoms with van der Waals surface area (Å²) in [5, 5.41) is 5.91. The van der Waals surface area contributed by atoms with Gasteiger partial charge in [0.25, 0.3) is 0 Å². The number of carbonyl (C=O) groups excluding carboxylic acids is 4. The number of halogens is 1. The first-order valence-corrected chi connectivity index (χ1v) is 16.7. The maximum Gasteiger partial charge on any atom is 0.411 e. The van der Waals surface area contributed by atoms with E-state index in [2.05, 4.69) is 26.6 Å². The molecule has 0 saturated carbocycles. The Labute approximate surface area is 284 Å². The molecule has 0 aromatic heterocycles. The number of alkyl carbamates (subject to hydrolysis) is 1. The first-order valence-electron chi connectivity index (χ1n) is 15.5. The van der Waals surface area contributed by atoms with E-state index in [1.165, 1.54) is 12.0 Å². The highest BCUT2D eigenvalue weighted by molar-refractivity contribution is 9.09. The minimum atomic E-state index is -1.01. The zero-order valence-corrected chi connectivity index (χ0v) is 28.7. The zero-order valence-electron chi connectivity index (χ0n) is 27.1. The lowest BCUT2D eigenvalue weighted by Crippen LogP contribution is -2.57. The Morgan fingerprint density at radius 1 is 0.936 bits per heavy atom. The number of para-hydroxylation sites is 1. The van der Waals surface area contributed by atoms with Gasteiger partial charge in [-0.1, -0.05) is 94.8 Å². The molecule has 1 aliphatic heterocycles. The standard InChI is InChI=1S/C36H42BrN3O7/c1-36(2,3)47-35(44)40-22-27(46-23-29(40)30(41)21-37)20-19-24-13-11-12-18-28(24)38-33(42)32(39-34(43)45-4)31(25-14-7-5-8-15-25)26-16-9-6-10-17-26/h5-18,27,29,31-32H,19-23H2,1-4H3,(H,38,42)(H,39,43)/t27-,29+,32+/m1/s1. The molecule has 1 aliphatic rings. The van der Waals surface area contributed by atoms with E-state index in [0.717, 1.165) is 16.7 Å². The fourth-order valence-electron chi connectivity index (χ4n) is 5.54. The summed E-state index contributed by atoms with van der Waals surface area (Å²) in [4.78, 5) is 53.7. The van der Waals surface area contributed by atoms with Crippen LogP contribution in [0.25, 0.3) is 0 Å². The van der Waals surface area contributed by atoms with Gasteiger partial charge in [-0.2, -0.15) is 0 Å². The molecule has 250 valence electrons. The highest BCUT2D eigenvalue weighted by Gasteiger charge is 2.38. The van der Waals surface area contributed by atoms with Crippen molar-refractivity contribution in [1.29, 1.82) is 0 Å². The number of hydrogen-bond donors (Lipinski definition) is 2. The minimum Gasteiger partial charge on any atom is -0.453 e. The van der Waals surface area contributed by atoms with Gasteiger partial charge in [0.05, 0.1) is 31.7 Å². The maximum atomic E-state index is 14.1. The monoisotopic (exact) mass is 707 g/mol. The lowest BCUT2D eigenvalue weighted by Gasteiger charge is -2.39. The fraction of sp³-hybridized carbons (Fsp3) is 0.389. The fourth-order valence-corrected chi connectivity index (χ4v) is 5.91. The number of hydrogen-bond acceptors (Lipinski definition) is 7. The molecule has 1 saturated heterocycles. The van der Waals surface area contributed by atoms with Crippen molar-refractivity contribution in [2.75, 3.05) is 30.9 Å². The molecule has 2 N–H and O–H groups in total. The minimum absolute atomic E-state index is 0.0635. The lowest BCUT2D eigenvalue weighted by atomic mass is 9.84. The number of rotatable bonds is 11. The molecule has 10 nitrogen and oxygen atoms in total. The Hall–Kier alpha value is -4.22. The van der Waals surface area contributed by atoms with E-state index in [1.54, 1.807) is 20.8 Å². The van der Waals surface area contributed by atoms with Crippen molar-refractivity contribution in [3.8, 4) is 0 Å². The molecule has 3 atom stereocenters. The average molecular weight is 709 g/mol. The SMILES string of the molecule is COC(=O)N[C@H](C(=O)Nc1ccccc1CC[C@@H]1CN(C(=O)OC(C)(C)C)[C@H](C(=O)CBr)CO1)C(c1ccccc1)c1ccccc1. The number of alkyl halides is 1. The number of morpholine rings is 1. The number of anilines is 1. The summed E-state index contributed by atoms with van der Waals surface area (Å²) >= 11 is 3.21. The van der Waals surface area contributed by atoms with Crippen LogP contribution in [0.15, 0.2) is 84.9 Å². The number of nitrogens with zero attached hydrogens (tertiary/aromatic N) is 1. The van der Waals surface area contributed by atoms with E-state index >= 15 is 0 Å². The smallest absolute Gasteiger partial charge is 0.411 e. The van der Waals surface area contributed by atoms with Gasteiger partial charge in [0.2, 0.25) is 5.91 Å². The van der Waals surface area contributed by atoms with Crippen LogP contribution in [0.3, 0.4) is 0 Å². The number of benzene rings is 3. The first kappa shape index (κ1) is 35.6. The van der Waals surface area contributed by atoms with Gasteiger partial charge in [0.15, 0.2) is 5.78 Å². The Balaban J connectivity index is 1.54. The Morgan fingerprint density at radius 3 is 2.11 bits per heavy atom. The quantitative estimate of drug-likeness (QED) is 0.232. The van der Waals surface area contributed by atoms with Gasteiger partial charge < -0.3 is 24.8 Å². The van der Waals surface area contributed by atoms with Crippen LogP contribution in [-0.4, -0.2) is 78.2 Å². The van der Waals surface area contributed by atoms with Crippen molar-refractivity contribution in [3.63, 3.8) is 0 Å². The van der Waals surface area contributed by atoms with E-state index in [0.29, 0.717) is 18.5 Å². The summed E-state index contributed by atoms with van der Waals surface area (Å²) in [6.07, 6.45) is -0.623. The Bertz CT molecular complexity index is 1470. The topological polar surface area (TPSA) is 123 Å². The second-order valence-electron chi connectivity index (χ2n) is 12.3. The van der Waals surface area contributed by atoms with Crippen LogP contribution < -0.4 is 10.6 Å². The van der Waals surface area contributed by atoms with Crippen LogP contribution in [-0.2, 0) is 30.2 Å². The molecule has 4 rings (SSSR count). The lowest BCUT2D eigenvalue weighted by molar-refractivity contribution is -0.132. The van der Waals surface area contributed by atoms with Crippen molar-refractivity contribution < 1.29 is 33.4 Å². The molecular weight excluding hydrogens is 666 g/mol. The number of carbonyl (C=O) groups is 4. The first-order chi connectivity index (χ1) is 22.5. The van der Waals surface area contributed by atoms with Crippen molar-refractivity contribution in [2.45, 2.75) is 63.3 Å². The van der Waals surface area contributed by atoms with Crippen LogP contribution in [0, 0.1) is 0 Å². The average Bonchev–Trinajstić information content (AvgIpc) is 3.07. The third-order valence-corrected chi connectivity index (χ3v) is 8.35. The van der Waals surface area contributed by atoms with Crippen molar-refractivity contribution >= 4 is 45.5 Å². The predicted octanol–water partition coefficient (Wildman–Crippen LogP) is 6.08. The van der Waals surface area contributed by atoms with Crippen molar-refractivity contribution in [2.24, 2.45) is 0 Å². The Kier molecular flexibility index (Phi) is 12.6. The summed E-state index contributed by atoms with van der Waals surface area (Å²) in [6.45, 7) is 5.59. The molecule has 3 amide bonds. The van der Waals surface area contributed by atoms with E-state index < -0.39 is 41.7 Å². The van der Waals surface area contributed by atoms with E-state index in [1.807, 2.05) is 84.9 Å². The van der Waals surface area contributed by atoms with Crippen LogP contribution in [0.2, 0.25) is 0 Å². The van der Waals surface area contributed by atoms with Crippen molar-refractivity contribution in [3.05, 3.63) is 102 Å². The Morgan fingerprint density at radius 2 is 1.53 bits per heavy atom. The summed E-state index contributed by atoms with van der Waals surface area (Å²) in [6, 6.07) is 24.7. The highest BCUT2D eigenvalue weighted by Crippen LogP contribution is 2.30. The summed E-state index contributed by atoms with van der Waals surface area (Å²) < 4.78 is 16.6. The molecule has 47 heavy (non-hydrogen) atoms. The predicted molar refractivity (Wildman–Crippen MR) is 183 cm³/mol. The van der Waals surface area contributed by atoms with Crippen LogP contribution >= 0.6 is 15.9 Å². The zero-order chi connectivity index (χ0) is 34.0.